The van der Waals surface area contributed by atoms with Gasteiger partial charge in [-0.25, -0.2) is 0 Å². The van der Waals surface area contributed by atoms with Gasteiger partial charge in [0.2, 0.25) is 0 Å². The van der Waals surface area contributed by atoms with E-state index >= 15 is 0 Å². The molecule has 86 valence electrons. The first kappa shape index (κ1) is 10.4. The van der Waals surface area contributed by atoms with Crippen molar-refractivity contribution in [3.05, 3.63) is 23.0 Å². The summed E-state index contributed by atoms with van der Waals surface area (Å²) in [7, 11) is 0. The minimum atomic E-state index is 0.0164. The molecule has 1 saturated carbocycles. The number of halogens is 1. The Morgan fingerprint density at radius 3 is 3.25 bits per heavy atom. The van der Waals surface area contributed by atoms with Crippen molar-refractivity contribution in [2.75, 3.05) is 13.1 Å². The van der Waals surface area contributed by atoms with Gasteiger partial charge in [0, 0.05) is 18.0 Å². The van der Waals surface area contributed by atoms with Crippen molar-refractivity contribution in [3.63, 3.8) is 0 Å². The molecular weight excluding hydrogens is 224 g/mol. The molecule has 2 heterocycles. The molecule has 3 unspecified atom stereocenters. The number of aromatic nitrogens is 2. The van der Waals surface area contributed by atoms with Gasteiger partial charge in [-0.2, -0.15) is 5.10 Å². The average Bonchev–Trinajstić information content (AvgIpc) is 2.51. The van der Waals surface area contributed by atoms with E-state index in [1.54, 1.807) is 6.20 Å². The van der Waals surface area contributed by atoms with E-state index in [1.807, 2.05) is 6.07 Å². The third-order valence-corrected chi connectivity index (χ3v) is 4.34. The van der Waals surface area contributed by atoms with E-state index in [1.165, 1.54) is 6.42 Å². The lowest BCUT2D eigenvalue weighted by atomic mass is 9.74. The zero-order valence-corrected chi connectivity index (χ0v) is 9.74. The van der Waals surface area contributed by atoms with Crippen LogP contribution in [0.25, 0.3) is 0 Å². The molecule has 1 aliphatic carbocycles. The summed E-state index contributed by atoms with van der Waals surface area (Å²) in [4.78, 5) is 0. The number of fused-ring (bicyclic) bond motifs is 2. The lowest BCUT2D eigenvalue weighted by Gasteiger charge is -2.39. The minimum absolute atomic E-state index is 0.0164. The Morgan fingerprint density at radius 1 is 1.56 bits per heavy atom. The van der Waals surface area contributed by atoms with Gasteiger partial charge >= 0.3 is 0 Å². The predicted molar refractivity (Wildman–Crippen MR) is 62.3 cm³/mol. The second kappa shape index (κ2) is 3.65. The molecule has 0 radical (unpaired) electrons. The van der Waals surface area contributed by atoms with E-state index in [2.05, 4.69) is 15.5 Å². The fourth-order valence-corrected chi connectivity index (χ4v) is 3.37. The van der Waals surface area contributed by atoms with Gasteiger partial charge in [0.25, 0.3) is 0 Å². The first-order valence-corrected chi connectivity index (χ1v) is 6.05. The smallest absolute Gasteiger partial charge is 0.152 e. The number of nitrogens with zero attached hydrogens (tertiary/aromatic N) is 2. The highest BCUT2D eigenvalue weighted by Gasteiger charge is 2.50. The quantitative estimate of drug-likeness (QED) is 0.757. The summed E-state index contributed by atoms with van der Waals surface area (Å²) < 4.78 is 0. The number of piperidine rings is 1. The van der Waals surface area contributed by atoms with Crippen molar-refractivity contribution in [2.24, 2.45) is 11.7 Å². The van der Waals surface area contributed by atoms with Crippen LogP contribution in [0.2, 0.25) is 5.15 Å². The maximum Gasteiger partial charge on any atom is 0.152 e. The normalized spacial score (nSPS) is 37.6. The van der Waals surface area contributed by atoms with E-state index in [0.29, 0.717) is 11.1 Å². The van der Waals surface area contributed by atoms with Crippen molar-refractivity contribution < 1.29 is 0 Å². The molecule has 1 saturated heterocycles. The van der Waals surface area contributed by atoms with Crippen molar-refractivity contribution >= 4 is 11.6 Å². The SMILES string of the molecule is NC1C2CCC1(c1cnnc(Cl)c1)CNC2. The number of hydrogen-bond acceptors (Lipinski definition) is 4. The molecule has 0 aromatic carbocycles. The van der Waals surface area contributed by atoms with Crippen molar-refractivity contribution in [1.82, 2.24) is 15.5 Å². The summed E-state index contributed by atoms with van der Waals surface area (Å²) in [5, 5.41) is 11.6. The van der Waals surface area contributed by atoms with Crippen molar-refractivity contribution in [2.45, 2.75) is 24.3 Å². The zero-order chi connectivity index (χ0) is 11.2. The standard InChI is InChI=1S/C11H15ClN4/c12-9-3-8(5-15-16-9)11-2-1-7(10(11)13)4-14-6-11/h3,5,7,10,14H,1-2,4,6,13H2. The number of nitrogens with one attached hydrogen (secondary N) is 1. The molecule has 3 atom stereocenters. The highest BCUT2D eigenvalue weighted by atomic mass is 35.5. The van der Waals surface area contributed by atoms with Gasteiger partial charge in [0.05, 0.1) is 6.20 Å². The molecule has 1 aliphatic heterocycles. The molecule has 2 fully saturated rings. The minimum Gasteiger partial charge on any atom is -0.327 e. The van der Waals surface area contributed by atoms with Crippen LogP contribution >= 0.6 is 11.6 Å². The van der Waals surface area contributed by atoms with Crippen LogP contribution in [0.5, 0.6) is 0 Å². The fourth-order valence-electron chi connectivity index (χ4n) is 3.21. The summed E-state index contributed by atoms with van der Waals surface area (Å²) in [6.07, 6.45) is 4.11. The van der Waals surface area contributed by atoms with Crippen LogP contribution < -0.4 is 11.1 Å². The van der Waals surface area contributed by atoms with Gasteiger partial charge in [0.1, 0.15) is 0 Å². The molecule has 0 amide bonds. The van der Waals surface area contributed by atoms with Gasteiger partial charge in [-0.3, -0.25) is 0 Å². The van der Waals surface area contributed by atoms with Crippen molar-refractivity contribution in [3.8, 4) is 0 Å². The average molecular weight is 239 g/mol. The van der Waals surface area contributed by atoms with Gasteiger partial charge < -0.3 is 11.1 Å². The molecule has 16 heavy (non-hydrogen) atoms. The summed E-state index contributed by atoms with van der Waals surface area (Å²) in [5.41, 5.74) is 7.52. The molecule has 2 bridgehead atoms. The third-order valence-electron chi connectivity index (χ3n) is 4.15. The molecule has 4 nitrogen and oxygen atoms in total. The largest absolute Gasteiger partial charge is 0.327 e. The second-order valence-electron chi connectivity index (χ2n) is 4.88. The van der Waals surface area contributed by atoms with E-state index < -0.39 is 0 Å². The number of rotatable bonds is 1. The summed E-state index contributed by atoms with van der Waals surface area (Å²) in [5.74, 6) is 0.584. The Kier molecular flexibility index (Phi) is 2.38. The summed E-state index contributed by atoms with van der Waals surface area (Å²) in [6.45, 7) is 1.96. The fraction of sp³-hybridized carbons (Fsp3) is 0.636. The maximum absolute atomic E-state index is 6.37. The molecule has 3 N–H and O–H groups in total. The highest BCUT2D eigenvalue weighted by molar-refractivity contribution is 6.29. The van der Waals surface area contributed by atoms with E-state index in [9.17, 15) is 0 Å². The van der Waals surface area contributed by atoms with E-state index in [-0.39, 0.29) is 11.5 Å². The maximum atomic E-state index is 6.37. The van der Waals surface area contributed by atoms with Crippen LogP contribution in [0.1, 0.15) is 18.4 Å². The lowest BCUT2D eigenvalue weighted by molar-refractivity contribution is 0.275. The Hall–Kier alpha value is -0.710. The molecule has 1 aromatic heterocycles. The van der Waals surface area contributed by atoms with E-state index in [4.69, 9.17) is 17.3 Å². The van der Waals surface area contributed by atoms with Crippen LogP contribution in [0, 0.1) is 5.92 Å². The van der Waals surface area contributed by atoms with Gasteiger partial charge in [-0.15, -0.1) is 5.10 Å². The summed E-state index contributed by atoms with van der Waals surface area (Å²) >= 11 is 5.91. The van der Waals surface area contributed by atoms with Gasteiger partial charge in [0.15, 0.2) is 5.15 Å². The molecule has 2 aliphatic rings. The molecule has 3 rings (SSSR count). The van der Waals surface area contributed by atoms with Crippen LogP contribution in [-0.4, -0.2) is 29.3 Å². The Bertz CT molecular complexity index is 407. The Balaban J connectivity index is 2.04. The Morgan fingerprint density at radius 2 is 2.44 bits per heavy atom. The van der Waals surface area contributed by atoms with Gasteiger partial charge in [-0.1, -0.05) is 11.6 Å². The monoisotopic (exact) mass is 238 g/mol. The van der Waals surface area contributed by atoms with Crippen molar-refractivity contribution in [1.29, 1.82) is 0 Å². The van der Waals surface area contributed by atoms with E-state index in [0.717, 1.165) is 25.1 Å². The molecule has 0 spiro atoms. The highest BCUT2D eigenvalue weighted by Crippen LogP contribution is 2.45. The first-order valence-electron chi connectivity index (χ1n) is 5.67. The third kappa shape index (κ3) is 1.37. The molecule has 1 aromatic rings. The number of hydrogen-bond donors (Lipinski definition) is 2. The predicted octanol–water partition coefficient (Wildman–Crippen LogP) is 0.708. The molecular formula is C11H15ClN4. The van der Waals surface area contributed by atoms with Crippen LogP contribution in [0.15, 0.2) is 12.3 Å². The van der Waals surface area contributed by atoms with Crippen LogP contribution in [-0.2, 0) is 5.41 Å². The molecule has 5 heteroatoms. The van der Waals surface area contributed by atoms with Crippen LogP contribution in [0.3, 0.4) is 0 Å². The number of nitrogens with two attached hydrogens (primary N) is 1. The lowest BCUT2D eigenvalue weighted by Crippen LogP contribution is -2.56. The Labute approximate surface area is 99.6 Å². The second-order valence-corrected chi connectivity index (χ2v) is 5.27. The zero-order valence-electron chi connectivity index (χ0n) is 8.99. The first-order chi connectivity index (χ1) is 7.72. The van der Waals surface area contributed by atoms with Gasteiger partial charge in [-0.05, 0) is 36.9 Å². The summed E-state index contributed by atoms with van der Waals surface area (Å²) in [6, 6.07) is 2.12. The topological polar surface area (TPSA) is 63.8 Å². The van der Waals surface area contributed by atoms with Crippen LogP contribution in [0.4, 0.5) is 0 Å².